The van der Waals surface area contributed by atoms with Crippen molar-refractivity contribution in [2.45, 2.75) is 31.7 Å². The van der Waals surface area contributed by atoms with Crippen LogP contribution >= 0.6 is 0 Å². The number of nitro benzene ring substituents is 1. The van der Waals surface area contributed by atoms with Crippen molar-refractivity contribution < 1.29 is 32.0 Å². The number of hydrogen-bond donors (Lipinski definition) is 1. The summed E-state index contributed by atoms with van der Waals surface area (Å²) in [4.78, 5) is 25.0. The van der Waals surface area contributed by atoms with Crippen LogP contribution in [0.1, 0.15) is 29.9 Å². The number of sulfonamides is 1. The number of nitrogens with zero attached hydrogens (tertiary/aromatic N) is 4. The van der Waals surface area contributed by atoms with Crippen molar-refractivity contribution in [3.05, 3.63) is 69.7 Å². The molecule has 0 unspecified atom stereocenters. The third-order valence-electron chi connectivity index (χ3n) is 5.65. The van der Waals surface area contributed by atoms with Gasteiger partial charge in [-0.3, -0.25) is 14.9 Å². The van der Waals surface area contributed by atoms with Gasteiger partial charge in [0.05, 0.1) is 23.8 Å². The third-order valence-corrected chi connectivity index (χ3v) is 7.33. The first-order valence-corrected chi connectivity index (χ1v) is 13.2. The van der Waals surface area contributed by atoms with Crippen molar-refractivity contribution in [1.29, 1.82) is 0 Å². The SMILES string of the molecule is Cc1c(C(=O)N2CCOCC2)nn(-c2cccc(F)c2)c1Oc1ccc([N+](=O)[O-])cc1S(=O)(=O)NC(C)C. The molecule has 0 bridgehead atoms. The summed E-state index contributed by atoms with van der Waals surface area (Å²) in [6, 6.07) is 8.03. The van der Waals surface area contributed by atoms with Crippen molar-refractivity contribution in [3.63, 3.8) is 0 Å². The van der Waals surface area contributed by atoms with Gasteiger partial charge in [-0.1, -0.05) is 6.07 Å². The maximum atomic E-state index is 14.1. The number of nitrogens with one attached hydrogen (secondary N) is 1. The van der Waals surface area contributed by atoms with E-state index in [2.05, 4.69) is 9.82 Å². The standard InChI is InChI=1S/C24H26FN5O7S/c1-15(2)27-38(34,35)21-14-19(30(32)33)7-8-20(21)37-24-16(3)22(23(31)28-9-11-36-12-10-28)26-29(24)18-6-4-5-17(25)13-18/h4-8,13-15,27H,9-12H2,1-3H3. The molecule has 1 N–H and O–H groups in total. The number of benzene rings is 2. The smallest absolute Gasteiger partial charge is 0.274 e. The monoisotopic (exact) mass is 547 g/mol. The number of non-ortho nitro benzene ring substituents is 1. The van der Waals surface area contributed by atoms with Crippen LogP contribution in [0.3, 0.4) is 0 Å². The molecule has 0 saturated carbocycles. The number of rotatable bonds is 8. The molecule has 1 saturated heterocycles. The number of morpholine rings is 1. The van der Waals surface area contributed by atoms with Gasteiger partial charge in [-0.2, -0.15) is 9.78 Å². The largest absolute Gasteiger partial charge is 0.437 e. The third kappa shape index (κ3) is 5.66. The molecule has 38 heavy (non-hydrogen) atoms. The van der Waals surface area contributed by atoms with Crippen molar-refractivity contribution >= 4 is 21.6 Å². The van der Waals surface area contributed by atoms with Gasteiger partial charge in [0.2, 0.25) is 15.9 Å². The number of nitro groups is 1. The quantitative estimate of drug-likeness (QED) is 0.334. The Morgan fingerprint density at radius 3 is 2.55 bits per heavy atom. The van der Waals surface area contributed by atoms with Crippen LogP contribution in [0.25, 0.3) is 5.69 Å². The Kier molecular flexibility index (Phi) is 7.76. The summed E-state index contributed by atoms with van der Waals surface area (Å²) < 4.78 is 55.2. The minimum Gasteiger partial charge on any atom is -0.437 e. The lowest BCUT2D eigenvalue weighted by Gasteiger charge is -2.26. The van der Waals surface area contributed by atoms with Gasteiger partial charge in [0.1, 0.15) is 16.5 Å². The maximum absolute atomic E-state index is 14.1. The summed E-state index contributed by atoms with van der Waals surface area (Å²) in [6.45, 7) is 6.21. The number of carbonyl (C=O) groups excluding carboxylic acids is 1. The molecule has 0 aliphatic carbocycles. The van der Waals surface area contributed by atoms with Crippen LogP contribution < -0.4 is 9.46 Å². The van der Waals surface area contributed by atoms with E-state index in [-0.39, 0.29) is 28.6 Å². The molecule has 12 nitrogen and oxygen atoms in total. The van der Waals surface area contributed by atoms with Gasteiger partial charge in [-0.15, -0.1) is 0 Å². The van der Waals surface area contributed by atoms with Gasteiger partial charge in [0.25, 0.3) is 11.6 Å². The Morgan fingerprint density at radius 2 is 1.92 bits per heavy atom. The fourth-order valence-corrected chi connectivity index (χ4v) is 5.28. The molecule has 1 amide bonds. The van der Waals surface area contributed by atoms with E-state index in [1.54, 1.807) is 31.7 Å². The second-order valence-electron chi connectivity index (χ2n) is 8.84. The highest BCUT2D eigenvalue weighted by Gasteiger charge is 2.30. The predicted molar refractivity (Wildman–Crippen MR) is 134 cm³/mol. The van der Waals surface area contributed by atoms with E-state index in [1.807, 2.05) is 0 Å². The van der Waals surface area contributed by atoms with Crippen LogP contribution in [0.5, 0.6) is 11.6 Å². The topological polar surface area (TPSA) is 146 Å². The van der Waals surface area contributed by atoms with Gasteiger partial charge in [0, 0.05) is 36.8 Å². The molecule has 3 aromatic rings. The Bertz CT molecular complexity index is 1480. The second kappa shape index (κ2) is 10.8. The highest BCUT2D eigenvalue weighted by molar-refractivity contribution is 7.89. The number of halogens is 1. The first-order valence-electron chi connectivity index (χ1n) is 11.7. The van der Waals surface area contributed by atoms with Gasteiger partial charge in [-0.05, 0) is 45.0 Å². The first-order chi connectivity index (χ1) is 18.0. The van der Waals surface area contributed by atoms with E-state index in [4.69, 9.17) is 9.47 Å². The van der Waals surface area contributed by atoms with E-state index in [9.17, 15) is 27.7 Å². The highest BCUT2D eigenvalue weighted by Crippen LogP contribution is 2.36. The van der Waals surface area contributed by atoms with E-state index < -0.39 is 43.3 Å². The lowest BCUT2D eigenvalue weighted by atomic mass is 10.2. The van der Waals surface area contributed by atoms with Gasteiger partial charge < -0.3 is 14.4 Å². The summed E-state index contributed by atoms with van der Waals surface area (Å²) in [5, 5.41) is 15.8. The van der Waals surface area contributed by atoms with E-state index in [1.165, 1.54) is 22.9 Å². The van der Waals surface area contributed by atoms with Gasteiger partial charge in [0.15, 0.2) is 5.69 Å². The molecule has 2 heterocycles. The molecule has 2 aromatic carbocycles. The lowest BCUT2D eigenvalue weighted by Crippen LogP contribution is -2.41. The van der Waals surface area contributed by atoms with Crippen LogP contribution in [-0.2, 0) is 14.8 Å². The zero-order chi connectivity index (χ0) is 27.6. The molecule has 4 rings (SSSR count). The molecule has 0 radical (unpaired) electrons. The molecule has 0 spiro atoms. The fraction of sp³-hybridized carbons (Fsp3) is 0.333. The molecule has 0 atom stereocenters. The predicted octanol–water partition coefficient (Wildman–Crippen LogP) is 3.18. The van der Waals surface area contributed by atoms with Crippen molar-refractivity contribution in [2.75, 3.05) is 26.3 Å². The van der Waals surface area contributed by atoms with Crippen LogP contribution in [0.15, 0.2) is 47.4 Å². The van der Waals surface area contributed by atoms with Crippen LogP contribution in [0.4, 0.5) is 10.1 Å². The normalized spacial score (nSPS) is 14.1. The Balaban J connectivity index is 1.87. The molecule has 202 valence electrons. The Hall–Kier alpha value is -3.88. The van der Waals surface area contributed by atoms with E-state index in [0.717, 1.165) is 18.2 Å². The van der Waals surface area contributed by atoms with E-state index in [0.29, 0.717) is 26.3 Å². The number of hydrogen-bond acceptors (Lipinski definition) is 8. The number of carbonyl (C=O) groups is 1. The van der Waals surface area contributed by atoms with Crippen molar-refractivity contribution in [1.82, 2.24) is 19.4 Å². The van der Waals surface area contributed by atoms with Gasteiger partial charge in [-0.25, -0.2) is 17.5 Å². The highest BCUT2D eigenvalue weighted by atomic mass is 32.2. The van der Waals surface area contributed by atoms with Gasteiger partial charge >= 0.3 is 0 Å². The number of aromatic nitrogens is 2. The second-order valence-corrected chi connectivity index (χ2v) is 10.5. The zero-order valence-electron chi connectivity index (χ0n) is 20.9. The summed E-state index contributed by atoms with van der Waals surface area (Å²) in [6.07, 6.45) is 0. The summed E-state index contributed by atoms with van der Waals surface area (Å²) >= 11 is 0. The number of ether oxygens (including phenoxy) is 2. The number of amides is 1. The minimum absolute atomic E-state index is 0.0257. The van der Waals surface area contributed by atoms with Crippen molar-refractivity contribution in [2.24, 2.45) is 0 Å². The van der Waals surface area contributed by atoms with Crippen LogP contribution in [0.2, 0.25) is 0 Å². The zero-order valence-corrected chi connectivity index (χ0v) is 21.7. The summed E-state index contributed by atoms with van der Waals surface area (Å²) in [5.74, 6) is -1.26. The molecular weight excluding hydrogens is 521 g/mol. The van der Waals surface area contributed by atoms with E-state index >= 15 is 0 Å². The summed E-state index contributed by atoms with van der Waals surface area (Å²) in [5.41, 5.74) is 0.0536. The molecule has 1 fully saturated rings. The molecule has 1 aliphatic heterocycles. The molecular formula is C24H26FN5O7S. The molecule has 1 aromatic heterocycles. The minimum atomic E-state index is -4.25. The average molecular weight is 548 g/mol. The lowest BCUT2D eigenvalue weighted by molar-refractivity contribution is -0.385. The van der Waals surface area contributed by atoms with Crippen LogP contribution in [0, 0.1) is 22.9 Å². The Morgan fingerprint density at radius 1 is 1.21 bits per heavy atom. The molecule has 14 heteroatoms. The summed E-state index contributed by atoms with van der Waals surface area (Å²) in [7, 11) is -4.25. The first kappa shape index (κ1) is 27.2. The Labute approximate surface area is 218 Å². The maximum Gasteiger partial charge on any atom is 0.274 e. The fourth-order valence-electron chi connectivity index (χ4n) is 3.89. The van der Waals surface area contributed by atoms with Crippen LogP contribution in [-0.4, -0.2) is 66.3 Å². The molecule has 1 aliphatic rings. The van der Waals surface area contributed by atoms with Crippen molar-refractivity contribution in [3.8, 4) is 17.3 Å². The average Bonchev–Trinajstić information content (AvgIpc) is 3.19.